The Labute approximate surface area is 80.0 Å². The van der Waals surface area contributed by atoms with Crippen molar-refractivity contribution in [3.8, 4) is 0 Å². The van der Waals surface area contributed by atoms with E-state index in [1.54, 1.807) is 0 Å². The summed E-state index contributed by atoms with van der Waals surface area (Å²) in [6.45, 7) is -0.0255. The van der Waals surface area contributed by atoms with Gasteiger partial charge < -0.3 is 10.2 Å². The van der Waals surface area contributed by atoms with Gasteiger partial charge in [0.1, 0.15) is 0 Å². The molecule has 0 saturated heterocycles. The molecule has 0 aliphatic heterocycles. The highest BCUT2D eigenvalue weighted by atomic mass is 16.3. The standard InChI is InChI=1S/C11H20O2/c12-8-11(13,10-6-7-10)9-4-2-1-3-5-9/h9-10,12-13H,1-8H2. The number of hydrogen-bond donors (Lipinski definition) is 2. The molecule has 2 N–H and O–H groups in total. The summed E-state index contributed by atoms with van der Waals surface area (Å²) < 4.78 is 0. The van der Waals surface area contributed by atoms with E-state index in [0.717, 1.165) is 25.7 Å². The lowest BCUT2D eigenvalue weighted by Gasteiger charge is -2.37. The first-order chi connectivity index (χ1) is 6.27. The van der Waals surface area contributed by atoms with Crippen LogP contribution in [0.3, 0.4) is 0 Å². The number of rotatable bonds is 3. The molecule has 1 atom stereocenters. The molecule has 0 aromatic rings. The van der Waals surface area contributed by atoms with Crippen LogP contribution in [0.25, 0.3) is 0 Å². The van der Waals surface area contributed by atoms with Crippen molar-refractivity contribution in [1.29, 1.82) is 0 Å². The topological polar surface area (TPSA) is 40.5 Å². The summed E-state index contributed by atoms with van der Waals surface area (Å²) in [7, 11) is 0. The third-order valence-corrected chi connectivity index (χ3v) is 3.85. The fraction of sp³-hybridized carbons (Fsp3) is 1.00. The Balaban J connectivity index is 2.00. The predicted molar refractivity (Wildman–Crippen MR) is 51.3 cm³/mol. The predicted octanol–water partition coefficient (Wildman–Crippen LogP) is 1.70. The van der Waals surface area contributed by atoms with Crippen LogP contribution >= 0.6 is 0 Å². The average molecular weight is 184 g/mol. The average Bonchev–Trinajstić information content (AvgIpc) is 3.02. The highest BCUT2D eigenvalue weighted by Crippen LogP contribution is 2.47. The van der Waals surface area contributed by atoms with E-state index in [0.29, 0.717) is 11.8 Å². The van der Waals surface area contributed by atoms with Crippen molar-refractivity contribution in [2.75, 3.05) is 6.61 Å². The first kappa shape index (κ1) is 9.47. The molecule has 0 amide bonds. The monoisotopic (exact) mass is 184 g/mol. The summed E-state index contributed by atoms with van der Waals surface area (Å²) in [6, 6.07) is 0. The Morgan fingerprint density at radius 1 is 0.923 bits per heavy atom. The summed E-state index contributed by atoms with van der Waals surface area (Å²) in [4.78, 5) is 0. The van der Waals surface area contributed by atoms with Crippen LogP contribution in [0.5, 0.6) is 0 Å². The second-order valence-corrected chi connectivity index (χ2v) is 4.76. The molecule has 0 aromatic heterocycles. The molecule has 2 saturated carbocycles. The van der Waals surface area contributed by atoms with E-state index in [2.05, 4.69) is 0 Å². The van der Waals surface area contributed by atoms with Gasteiger partial charge in [0.05, 0.1) is 12.2 Å². The lowest BCUT2D eigenvalue weighted by Crippen LogP contribution is -2.44. The van der Waals surface area contributed by atoms with Gasteiger partial charge in [0.25, 0.3) is 0 Å². The molecule has 1 unspecified atom stereocenters. The van der Waals surface area contributed by atoms with Crippen LogP contribution in [-0.4, -0.2) is 22.4 Å². The minimum atomic E-state index is -0.722. The molecule has 0 heterocycles. The first-order valence-corrected chi connectivity index (χ1v) is 5.60. The zero-order valence-corrected chi connectivity index (χ0v) is 8.21. The fourth-order valence-electron chi connectivity index (χ4n) is 2.78. The van der Waals surface area contributed by atoms with Crippen LogP contribution in [0.2, 0.25) is 0 Å². The van der Waals surface area contributed by atoms with E-state index >= 15 is 0 Å². The molecule has 2 aliphatic carbocycles. The Morgan fingerprint density at radius 2 is 1.46 bits per heavy atom. The molecule has 0 bridgehead atoms. The van der Waals surface area contributed by atoms with E-state index in [-0.39, 0.29) is 6.61 Å². The molecular weight excluding hydrogens is 164 g/mol. The van der Waals surface area contributed by atoms with Crippen LogP contribution < -0.4 is 0 Å². The maximum atomic E-state index is 10.3. The van der Waals surface area contributed by atoms with Gasteiger partial charge >= 0.3 is 0 Å². The number of aliphatic hydroxyl groups is 2. The van der Waals surface area contributed by atoms with Crippen molar-refractivity contribution in [3.63, 3.8) is 0 Å². The Bertz CT molecular complexity index is 171. The molecule has 2 heteroatoms. The third kappa shape index (κ3) is 1.75. The molecule has 76 valence electrons. The maximum absolute atomic E-state index is 10.3. The van der Waals surface area contributed by atoms with Crippen molar-refractivity contribution in [2.45, 2.75) is 50.5 Å². The van der Waals surface area contributed by atoms with Gasteiger partial charge in [-0.25, -0.2) is 0 Å². The largest absolute Gasteiger partial charge is 0.393 e. The van der Waals surface area contributed by atoms with Gasteiger partial charge in [0.15, 0.2) is 0 Å². The lowest BCUT2D eigenvalue weighted by atomic mass is 9.75. The summed E-state index contributed by atoms with van der Waals surface area (Å²) in [5.74, 6) is 0.777. The molecule has 0 aromatic carbocycles. The zero-order chi connectivity index (χ0) is 9.31. The quantitative estimate of drug-likeness (QED) is 0.701. The molecule has 2 nitrogen and oxygen atoms in total. The summed E-state index contributed by atoms with van der Waals surface area (Å²) in [6.07, 6.45) is 8.25. The summed E-state index contributed by atoms with van der Waals surface area (Å²) in [5.41, 5.74) is -0.722. The van der Waals surface area contributed by atoms with E-state index in [1.807, 2.05) is 0 Å². The van der Waals surface area contributed by atoms with Gasteiger partial charge in [0.2, 0.25) is 0 Å². The normalized spacial score (nSPS) is 30.0. The van der Waals surface area contributed by atoms with Gasteiger partial charge in [-0.15, -0.1) is 0 Å². The fourth-order valence-corrected chi connectivity index (χ4v) is 2.78. The molecule has 13 heavy (non-hydrogen) atoms. The summed E-state index contributed by atoms with van der Waals surface area (Å²) >= 11 is 0. The number of hydrogen-bond acceptors (Lipinski definition) is 2. The van der Waals surface area contributed by atoms with E-state index in [4.69, 9.17) is 0 Å². The highest BCUT2D eigenvalue weighted by molar-refractivity contribution is 4.99. The Morgan fingerprint density at radius 3 is 1.92 bits per heavy atom. The van der Waals surface area contributed by atoms with E-state index in [9.17, 15) is 10.2 Å². The van der Waals surface area contributed by atoms with Crippen LogP contribution in [0.4, 0.5) is 0 Å². The first-order valence-electron chi connectivity index (χ1n) is 5.60. The van der Waals surface area contributed by atoms with Crippen molar-refractivity contribution >= 4 is 0 Å². The van der Waals surface area contributed by atoms with Crippen LogP contribution in [-0.2, 0) is 0 Å². The molecule has 0 spiro atoms. The van der Waals surface area contributed by atoms with Gasteiger partial charge in [-0.05, 0) is 37.5 Å². The van der Waals surface area contributed by atoms with Crippen molar-refractivity contribution in [1.82, 2.24) is 0 Å². The van der Waals surface area contributed by atoms with Gasteiger partial charge in [-0.3, -0.25) is 0 Å². The second kappa shape index (κ2) is 3.58. The third-order valence-electron chi connectivity index (χ3n) is 3.85. The van der Waals surface area contributed by atoms with Crippen molar-refractivity contribution in [2.24, 2.45) is 11.8 Å². The molecule has 2 fully saturated rings. The second-order valence-electron chi connectivity index (χ2n) is 4.76. The van der Waals surface area contributed by atoms with Crippen molar-refractivity contribution < 1.29 is 10.2 Å². The van der Waals surface area contributed by atoms with Crippen LogP contribution in [0, 0.1) is 11.8 Å². The minimum absolute atomic E-state index is 0.0255. The SMILES string of the molecule is OCC(O)(C1CCCCC1)C1CC1. The van der Waals surface area contributed by atoms with Gasteiger partial charge in [-0.1, -0.05) is 19.3 Å². The molecular formula is C11H20O2. The molecule has 2 aliphatic rings. The Kier molecular flexibility index (Phi) is 2.61. The zero-order valence-electron chi connectivity index (χ0n) is 8.21. The van der Waals surface area contributed by atoms with Gasteiger partial charge in [-0.2, -0.15) is 0 Å². The van der Waals surface area contributed by atoms with Crippen LogP contribution in [0.1, 0.15) is 44.9 Å². The maximum Gasteiger partial charge on any atom is 0.0933 e. The highest BCUT2D eigenvalue weighted by Gasteiger charge is 2.48. The van der Waals surface area contributed by atoms with Crippen molar-refractivity contribution in [3.05, 3.63) is 0 Å². The smallest absolute Gasteiger partial charge is 0.0933 e. The van der Waals surface area contributed by atoms with E-state index in [1.165, 1.54) is 19.3 Å². The lowest BCUT2D eigenvalue weighted by molar-refractivity contribution is -0.0893. The summed E-state index contributed by atoms with van der Waals surface area (Å²) in [5, 5.41) is 19.6. The van der Waals surface area contributed by atoms with E-state index < -0.39 is 5.60 Å². The molecule has 0 radical (unpaired) electrons. The molecule has 2 rings (SSSR count). The Hall–Kier alpha value is -0.0800. The van der Waals surface area contributed by atoms with Gasteiger partial charge in [0, 0.05) is 0 Å². The van der Waals surface area contributed by atoms with Crippen LogP contribution in [0.15, 0.2) is 0 Å². The number of aliphatic hydroxyl groups excluding tert-OH is 1. The minimum Gasteiger partial charge on any atom is -0.393 e.